The van der Waals surface area contributed by atoms with Gasteiger partial charge in [-0.15, -0.1) is 10.2 Å². The Morgan fingerprint density at radius 3 is 2.74 bits per heavy atom. The van der Waals surface area contributed by atoms with E-state index in [1.807, 2.05) is 0 Å². The molecule has 0 saturated heterocycles. The van der Waals surface area contributed by atoms with E-state index in [2.05, 4.69) is 10.2 Å². The first-order valence-electron chi connectivity index (χ1n) is 5.19. The van der Waals surface area contributed by atoms with Crippen LogP contribution in [0.1, 0.15) is 5.89 Å². The van der Waals surface area contributed by atoms with Crippen molar-refractivity contribution in [3.8, 4) is 11.5 Å². The molecule has 1 aromatic heterocycles. The van der Waals surface area contributed by atoms with Crippen LogP contribution in [0.15, 0.2) is 16.5 Å². The summed E-state index contributed by atoms with van der Waals surface area (Å²) in [7, 11) is 0. The second-order valence-electron chi connectivity index (χ2n) is 3.55. The van der Waals surface area contributed by atoms with Crippen molar-refractivity contribution in [2.45, 2.75) is 6.42 Å². The molecule has 0 radical (unpaired) electrons. The molecule has 0 aliphatic carbocycles. The Kier molecular flexibility index (Phi) is 3.47. The average molecular weight is 270 g/mol. The molecular weight excluding hydrogens is 262 g/mol. The number of hydrogen-bond donors (Lipinski definition) is 1. The largest absolute Gasteiger partial charge is 0.420 e. The monoisotopic (exact) mass is 270 g/mol. The molecular formula is C10H8F2N4O3. The number of benzene rings is 1. The van der Waals surface area contributed by atoms with Crippen LogP contribution in [0.2, 0.25) is 0 Å². The van der Waals surface area contributed by atoms with Gasteiger partial charge in [0.2, 0.25) is 11.7 Å². The zero-order chi connectivity index (χ0) is 14.0. The first-order valence-corrected chi connectivity index (χ1v) is 5.19. The van der Waals surface area contributed by atoms with E-state index in [0.29, 0.717) is 0 Å². The zero-order valence-electron chi connectivity index (χ0n) is 9.47. The highest BCUT2D eigenvalue weighted by Crippen LogP contribution is 2.30. The van der Waals surface area contributed by atoms with Crippen LogP contribution >= 0.6 is 0 Å². The van der Waals surface area contributed by atoms with Crippen molar-refractivity contribution in [3.63, 3.8) is 0 Å². The van der Waals surface area contributed by atoms with Gasteiger partial charge in [0.25, 0.3) is 5.89 Å². The van der Waals surface area contributed by atoms with E-state index in [1.54, 1.807) is 0 Å². The molecule has 1 heterocycles. The Morgan fingerprint density at radius 2 is 2.11 bits per heavy atom. The Labute approximate surface area is 105 Å². The third-order valence-corrected chi connectivity index (χ3v) is 2.31. The minimum Gasteiger partial charge on any atom is -0.420 e. The van der Waals surface area contributed by atoms with Crippen LogP contribution in [0.25, 0.3) is 11.5 Å². The lowest BCUT2D eigenvalue weighted by molar-refractivity contribution is -0.387. The third kappa shape index (κ3) is 2.40. The number of aromatic nitrogens is 2. The SMILES string of the molecule is NCCc1nnc(-c2c(F)ccc([N+](=O)[O-])c2F)o1. The lowest BCUT2D eigenvalue weighted by Crippen LogP contribution is -2.02. The lowest BCUT2D eigenvalue weighted by atomic mass is 10.1. The van der Waals surface area contributed by atoms with Crippen molar-refractivity contribution >= 4 is 5.69 Å². The quantitative estimate of drug-likeness (QED) is 0.664. The van der Waals surface area contributed by atoms with Crippen LogP contribution in [-0.4, -0.2) is 21.7 Å². The summed E-state index contributed by atoms with van der Waals surface area (Å²) in [5.74, 6) is -2.73. The molecule has 0 atom stereocenters. The molecule has 2 aromatic rings. The molecule has 0 bridgehead atoms. The Bertz CT molecular complexity index is 629. The van der Waals surface area contributed by atoms with Gasteiger partial charge >= 0.3 is 5.69 Å². The summed E-state index contributed by atoms with van der Waals surface area (Å²) < 4.78 is 32.4. The first-order chi connectivity index (χ1) is 9.04. The summed E-state index contributed by atoms with van der Waals surface area (Å²) in [6.07, 6.45) is 0.241. The van der Waals surface area contributed by atoms with Crippen LogP contribution < -0.4 is 5.73 Å². The Morgan fingerprint density at radius 1 is 1.37 bits per heavy atom. The number of rotatable bonds is 4. The second-order valence-corrected chi connectivity index (χ2v) is 3.55. The van der Waals surface area contributed by atoms with Crippen molar-refractivity contribution in [1.29, 1.82) is 0 Å². The van der Waals surface area contributed by atoms with Crippen molar-refractivity contribution < 1.29 is 18.1 Å². The number of nitro benzene ring substituents is 1. The van der Waals surface area contributed by atoms with Crippen LogP contribution in [0.4, 0.5) is 14.5 Å². The van der Waals surface area contributed by atoms with Crippen molar-refractivity contribution in [3.05, 3.63) is 39.8 Å². The fourth-order valence-electron chi connectivity index (χ4n) is 1.46. The summed E-state index contributed by atoms with van der Waals surface area (Å²) in [6.45, 7) is 0.224. The fourth-order valence-corrected chi connectivity index (χ4v) is 1.46. The summed E-state index contributed by atoms with van der Waals surface area (Å²) in [6, 6.07) is 1.49. The molecule has 0 spiro atoms. The number of hydrogen-bond acceptors (Lipinski definition) is 6. The summed E-state index contributed by atoms with van der Waals surface area (Å²) in [4.78, 5) is 9.62. The van der Waals surface area contributed by atoms with Crippen molar-refractivity contribution in [2.24, 2.45) is 5.73 Å². The highest BCUT2D eigenvalue weighted by atomic mass is 19.1. The van der Waals surface area contributed by atoms with E-state index in [4.69, 9.17) is 10.2 Å². The lowest BCUT2D eigenvalue weighted by Gasteiger charge is -2.00. The van der Waals surface area contributed by atoms with Gasteiger partial charge in [-0.05, 0) is 6.07 Å². The van der Waals surface area contributed by atoms with Gasteiger partial charge in [0.15, 0.2) is 0 Å². The second kappa shape index (κ2) is 5.06. The minimum atomic E-state index is -1.35. The molecule has 0 saturated carbocycles. The van der Waals surface area contributed by atoms with Gasteiger partial charge in [0.1, 0.15) is 11.4 Å². The molecule has 9 heteroatoms. The van der Waals surface area contributed by atoms with Gasteiger partial charge in [-0.2, -0.15) is 4.39 Å². The highest BCUT2D eigenvalue weighted by Gasteiger charge is 2.26. The molecule has 2 N–H and O–H groups in total. The minimum absolute atomic E-state index is 0.0998. The molecule has 1 aromatic carbocycles. The standard InChI is InChI=1S/C10H8F2N4O3/c11-5-1-2-6(16(17)18)9(12)8(5)10-15-14-7(19-10)3-4-13/h1-2H,3-4,13H2. The van der Waals surface area contributed by atoms with Gasteiger partial charge in [-0.25, -0.2) is 4.39 Å². The summed E-state index contributed by atoms with van der Waals surface area (Å²) in [5, 5.41) is 17.6. The van der Waals surface area contributed by atoms with Gasteiger partial charge in [0.05, 0.1) is 4.92 Å². The van der Waals surface area contributed by atoms with E-state index < -0.39 is 33.7 Å². The molecule has 0 unspecified atom stereocenters. The van der Waals surface area contributed by atoms with Gasteiger partial charge in [0, 0.05) is 19.0 Å². The maximum absolute atomic E-state index is 13.8. The van der Waals surface area contributed by atoms with Gasteiger partial charge in [-0.1, -0.05) is 0 Å². The van der Waals surface area contributed by atoms with Crippen LogP contribution in [0, 0.1) is 21.7 Å². The number of nitro groups is 1. The fraction of sp³-hybridized carbons (Fsp3) is 0.200. The van der Waals surface area contributed by atoms with Crippen LogP contribution in [0.5, 0.6) is 0 Å². The molecule has 0 amide bonds. The van der Waals surface area contributed by atoms with Crippen molar-refractivity contribution in [1.82, 2.24) is 10.2 Å². The smallest absolute Gasteiger partial charge is 0.305 e. The number of nitrogens with two attached hydrogens (primary N) is 1. The van der Waals surface area contributed by atoms with Gasteiger partial charge < -0.3 is 10.2 Å². The maximum Gasteiger partial charge on any atom is 0.305 e. The van der Waals surface area contributed by atoms with E-state index in [1.165, 1.54) is 0 Å². The molecule has 0 aliphatic heterocycles. The molecule has 0 fully saturated rings. The predicted octanol–water partition coefficient (Wildman–Crippen LogP) is 1.42. The van der Waals surface area contributed by atoms with E-state index >= 15 is 0 Å². The molecule has 100 valence electrons. The first kappa shape index (κ1) is 13.0. The van der Waals surface area contributed by atoms with E-state index in [0.717, 1.165) is 12.1 Å². The number of nitrogens with zero attached hydrogens (tertiary/aromatic N) is 3. The maximum atomic E-state index is 13.8. The number of halogens is 2. The Hall–Kier alpha value is -2.42. The predicted molar refractivity (Wildman–Crippen MR) is 59.1 cm³/mol. The summed E-state index contributed by atoms with van der Waals surface area (Å²) >= 11 is 0. The van der Waals surface area contributed by atoms with Crippen LogP contribution in [0.3, 0.4) is 0 Å². The van der Waals surface area contributed by atoms with Crippen LogP contribution in [-0.2, 0) is 6.42 Å². The average Bonchev–Trinajstić information content (AvgIpc) is 2.77. The molecule has 0 aliphatic rings. The van der Waals surface area contributed by atoms with Crippen molar-refractivity contribution in [2.75, 3.05) is 6.54 Å². The van der Waals surface area contributed by atoms with E-state index in [9.17, 15) is 18.9 Å². The van der Waals surface area contributed by atoms with Gasteiger partial charge in [-0.3, -0.25) is 10.1 Å². The summed E-state index contributed by atoms with van der Waals surface area (Å²) in [5.41, 5.74) is 3.68. The third-order valence-electron chi connectivity index (χ3n) is 2.31. The highest BCUT2D eigenvalue weighted by molar-refractivity contribution is 5.59. The zero-order valence-corrected chi connectivity index (χ0v) is 9.47. The topological polar surface area (TPSA) is 108 Å². The van der Waals surface area contributed by atoms with E-state index in [-0.39, 0.29) is 18.9 Å². The normalized spacial score (nSPS) is 10.7. The molecule has 7 nitrogen and oxygen atoms in total. The molecule has 19 heavy (non-hydrogen) atoms. The Balaban J connectivity index is 2.53. The molecule has 2 rings (SSSR count).